The number of fused-ring (bicyclic) bond motifs is 1. The first-order chi connectivity index (χ1) is 16.6. The summed E-state index contributed by atoms with van der Waals surface area (Å²) in [6.45, 7) is 7.10. The van der Waals surface area contributed by atoms with E-state index < -0.39 is 5.83 Å². The van der Waals surface area contributed by atoms with Gasteiger partial charge in [0.15, 0.2) is 12.1 Å². The molecule has 188 valence electrons. The molecule has 0 aromatic heterocycles. The van der Waals surface area contributed by atoms with Crippen LogP contribution in [0.25, 0.3) is 0 Å². The SMILES string of the molecule is CC.CCCCC1CN(c2ccccc2)c2cc(SC)c(O/C=C(\F)C=O)cc2SN1C.CN. The number of benzene rings is 2. The number of hydrogen-bond acceptors (Lipinski definition) is 7. The Bertz CT molecular complexity index is 897. The average Bonchev–Trinajstić information content (AvgIpc) is 3.03. The lowest BCUT2D eigenvalue weighted by molar-refractivity contribution is -0.106. The molecule has 3 rings (SSSR count). The van der Waals surface area contributed by atoms with Gasteiger partial charge in [-0.1, -0.05) is 51.8 Å². The second kappa shape index (κ2) is 16.6. The van der Waals surface area contributed by atoms with Crippen molar-refractivity contribution in [3.63, 3.8) is 0 Å². The molecule has 8 heteroatoms. The number of thioether (sulfide) groups is 1. The summed E-state index contributed by atoms with van der Waals surface area (Å²) < 4.78 is 21.1. The van der Waals surface area contributed by atoms with Gasteiger partial charge in [-0.25, -0.2) is 4.31 Å². The molecular formula is C26H38FN3O2S2. The molecule has 0 bridgehead atoms. The Labute approximate surface area is 213 Å². The molecule has 2 N–H and O–H groups in total. The van der Waals surface area contributed by atoms with Crippen LogP contribution in [0.2, 0.25) is 0 Å². The normalized spacial score (nSPS) is 15.7. The van der Waals surface area contributed by atoms with Gasteiger partial charge in [-0.2, -0.15) is 4.39 Å². The number of unbranched alkanes of at least 4 members (excludes halogenated alkanes) is 1. The van der Waals surface area contributed by atoms with Crippen molar-refractivity contribution in [3.8, 4) is 5.75 Å². The van der Waals surface area contributed by atoms with E-state index in [9.17, 15) is 9.18 Å². The van der Waals surface area contributed by atoms with Crippen LogP contribution in [-0.2, 0) is 4.79 Å². The summed E-state index contributed by atoms with van der Waals surface area (Å²) in [6.07, 6.45) is 6.41. The van der Waals surface area contributed by atoms with Crippen LogP contribution in [0, 0.1) is 0 Å². The second-order valence-electron chi connectivity index (χ2n) is 7.09. The van der Waals surface area contributed by atoms with Crippen LogP contribution >= 0.6 is 23.7 Å². The maximum atomic E-state index is 13.3. The standard InChI is InChI=1S/C23H27FN2O2S2.C2H6.CH5N/c1-4-5-9-19-14-26(18-10-7-6-8-11-18)20-12-23(29-3)21(28-16-17(24)15-27)13-22(20)30-25(19)2;2*1-2/h6-8,10-13,15-16,19H,4-5,9,14H2,1-3H3;1-2H3;2H2,1H3/b17-16-;;. The van der Waals surface area contributed by atoms with Crippen molar-refractivity contribution in [2.45, 2.75) is 55.9 Å². The molecule has 1 atom stereocenters. The van der Waals surface area contributed by atoms with Gasteiger partial charge in [-0.05, 0) is 63.0 Å². The van der Waals surface area contributed by atoms with Crippen LogP contribution in [0.5, 0.6) is 5.75 Å². The summed E-state index contributed by atoms with van der Waals surface area (Å²) in [5.41, 5.74) is 6.75. The number of ether oxygens (including phenoxy) is 1. The highest BCUT2D eigenvalue weighted by Crippen LogP contribution is 2.45. The molecule has 34 heavy (non-hydrogen) atoms. The molecule has 0 radical (unpaired) electrons. The molecule has 2 aromatic carbocycles. The number of carbonyl (C=O) groups is 1. The summed E-state index contributed by atoms with van der Waals surface area (Å²) in [6, 6.07) is 14.8. The van der Waals surface area contributed by atoms with E-state index in [4.69, 9.17) is 4.74 Å². The first kappa shape index (κ1) is 30.0. The summed E-state index contributed by atoms with van der Waals surface area (Å²) in [5.74, 6) is -0.397. The number of anilines is 2. The highest BCUT2D eigenvalue weighted by Gasteiger charge is 2.28. The zero-order valence-electron chi connectivity index (χ0n) is 21.1. The maximum Gasteiger partial charge on any atom is 0.197 e. The highest BCUT2D eigenvalue weighted by molar-refractivity contribution is 7.98. The van der Waals surface area contributed by atoms with Gasteiger partial charge in [0.25, 0.3) is 0 Å². The maximum absolute atomic E-state index is 13.3. The topological polar surface area (TPSA) is 58.8 Å². The van der Waals surface area contributed by atoms with E-state index in [1.807, 2.05) is 32.2 Å². The lowest BCUT2D eigenvalue weighted by Crippen LogP contribution is -2.35. The highest BCUT2D eigenvalue weighted by atomic mass is 32.2. The first-order valence-corrected chi connectivity index (χ1v) is 13.6. The van der Waals surface area contributed by atoms with E-state index in [1.165, 1.54) is 25.2 Å². The van der Waals surface area contributed by atoms with Crippen molar-refractivity contribution >= 4 is 41.4 Å². The van der Waals surface area contributed by atoms with Gasteiger partial charge in [-0.3, -0.25) is 4.79 Å². The molecule has 1 aliphatic rings. The Hall–Kier alpha value is -2.00. The van der Waals surface area contributed by atoms with E-state index in [1.54, 1.807) is 11.9 Å². The van der Waals surface area contributed by atoms with Crippen LogP contribution < -0.4 is 15.4 Å². The smallest absolute Gasteiger partial charge is 0.197 e. The van der Waals surface area contributed by atoms with E-state index in [0.717, 1.165) is 46.8 Å². The minimum absolute atomic E-state index is 0.139. The molecule has 0 saturated carbocycles. The second-order valence-corrected chi connectivity index (χ2v) is 9.14. The van der Waals surface area contributed by atoms with Gasteiger partial charge in [0.05, 0.1) is 15.5 Å². The molecule has 0 fully saturated rings. The number of likely N-dealkylation sites (N-methyl/N-ethyl adjacent to an activating group) is 1. The molecule has 1 heterocycles. The fourth-order valence-electron chi connectivity index (χ4n) is 3.43. The predicted molar refractivity (Wildman–Crippen MR) is 146 cm³/mol. The number of aldehydes is 1. The Balaban J connectivity index is 0.00000137. The van der Waals surface area contributed by atoms with E-state index >= 15 is 0 Å². The number of nitrogens with two attached hydrogens (primary N) is 1. The molecular weight excluding hydrogens is 469 g/mol. The number of rotatable bonds is 8. The number of hydrogen-bond donors (Lipinski definition) is 1. The molecule has 5 nitrogen and oxygen atoms in total. The van der Waals surface area contributed by atoms with Gasteiger partial charge in [0, 0.05) is 18.3 Å². The third-order valence-electron chi connectivity index (χ3n) is 5.06. The summed E-state index contributed by atoms with van der Waals surface area (Å²) in [5, 5.41) is 0. The summed E-state index contributed by atoms with van der Waals surface area (Å²) >= 11 is 3.21. The number of carbonyl (C=O) groups excluding carboxylic acids is 1. The Morgan fingerprint density at radius 1 is 1.26 bits per heavy atom. The van der Waals surface area contributed by atoms with Crippen LogP contribution in [0.15, 0.2) is 64.3 Å². The lowest BCUT2D eigenvalue weighted by atomic mass is 10.1. The van der Waals surface area contributed by atoms with Crippen molar-refractivity contribution in [2.24, 2.45) is 5.73 Å². The molecule has 0 spiro atoms. The monoisotopic (exact) mass is 507 g/mol. The van der Waals surface area contributed by atoms with Gasteiger partial charge < -0.3 is 15.4 Å². The molecule has 2 aromatic rings. The van der Waals surface area contributed by atoms with Crippen LogP contribution in [-0.4, -0.2) is 43.5 Å². The van der Waals surface area contributed by atoms with Crippen molar-refractivity contribution in [2.75, 3.05) is 31.8 Å². The van der Waals surface area contributed by atoms with Crippen LogP contribution in [0.1, 0.15) is 40.0 Å². The third kappa shape index (κ3) is 8.34. The Kier molecular flexibility index (Phi) is 14.7. The number of para-hydroxylation sites is 1. The average molecular weight is 508 g/mol. The molecule has 0 aliphatic carbocycles. The quantitative estimate of drug-likeness (QED) is 0.135. The third-order valence-corrected chi connectivity index (χ3v) is 6.92. The Morgan fingerprint density at radius 3 is 2.53 bits per heavy atom. The minimum Gasteiger partial charge on any atom is -0.461 e. The van der Waals surface area contributed by atoms with Crippen LogP contribution in [0.4, 0.5) is 15.8 Å². The van der Waals surface area contributed by atoms with E-state index in [-0.39, 0.29) is 6.29 Å². The number of halogens is 1. The zero-order chi connectivity index (χ0) is 25.5. The van der Waals surface area contributed by atoms with Crippen molar-refractivity contribution in [1.82, 2.24) is 4.31 Å². The van der Waals surface area contributed by atoms with Crippen molar-refractivity contribution in [1.29, 1.82) is 0 Å². The fourth-order valence-corrected chi connectivity index (χ4v) is 5.02. The Morgan fingerprint density at radius 2 is 1.94 bits per heavy atom. The fraction of sp³-hybridized carbons (Fsp3) is 0.423. The largest absolute Gasteiger partial charge is 0.461 e. The lowest BCUT2D eigenvalue weighted by Gasteiger charge is -2.30. The minimum atomic E-state index is -0.938. The van der Waals surface area contributed by atoms with E-state index in [2.05, 4.69) is 59.2 Å². The van der Waals surface area contributed by atoms with E-state index in [0.29, 0.717) is 11.8 Å². The molecule has 1 aliphatic heterocycles. The van der Waals surface area contributed by atoms with Crippen molar-refractivity contribution < 1.29 is 13.9 Å². The van der Waals surface area contributed by atoms with Gasteiger partial charge in [0.1, 0.15) is 12.0 Å². The molecule has 0 saturated heterocycles. The zero-order valence-corrected chi connectivity index (χ0v) is 22.7. The van der Waals surface area contributed by atoms with Crippen molar-refractivity contribution in [3.05, 3.63) is 54.6 Å². The predicted octanol–water partition coefficient (Wildman–Crippen LogP) is 7.05. The molecule has 1 unspecified atom stereocenters. The van der Waals surface area contributed by atoms with Gasteiger partial charge in [0.2, 0.25) is 0 Å². The first-order valence-electron chi connectivity index (χ1n) is 11.6. The van der Waals surface area contributed by atoms with Crippen LogP contribution in [0.3, 0.4) is 0 Å². The van der Waals surface area contributed by atoms with Gasteiger partial charge in [-0.15, -0.1) is 11.8 Å². The number of nitrogens with zero attached hydrogens (tertiary/aromatic N) is 2. The summed E-state index contributed by atoms with van der Waals surface area (Å²) in [7, 11) is 3.62. The summed E-state index contributed by atoms with van der Waals surface area (Å²) in [4.78, 5) is 14.9. The number of allylic oxidation sites excluding steroid dienone is 1. The molecule has 0 amide bonds. The van der Waals surface area contributed by atoms with Gasteiger partial charge >= 0.3 is 0 Å².